The minimum Gasteiger partial charge on any atom is -0.494 e. The van der Waals surface area contributed by atoms with Gasteiger partial charge in [0, 0.05) is 6.42 Å². The molecule has 0 aliphatic carbocycles. The molecule has 0 spiro atoms. The smallest absolute Gasteiger partial charge is 0.343 e. The van der Waals surface area contributed by atoms with E-state index in [-0.39, 0.29) is 12.2 Å². The van der Waals surface area contributed by atoms with Crippen molar-refractivity contribution in [2.75, 3.05) is 6.61 Å². The minimum absolute atomic E-state index is 0.0560. The van der Waals surface area contributed by atoms with E-state index in [9.17, 15) is 14.7 Å². The molecule has 5 heteroatoms. The third kappa shape index (κ3) is 8.65. The maximum atomic E-state index is 12.5. The quantitative estimate of drug-likeness (QED) is 0.146. The summed E-state index contributed by atoms with van der Waals surface area (Å²) in [6.07, 6.45) is 6.65. The fourth-order valence-electron chi connectivity index (χ4n) is 3.93. The molecule has 0 saturated heterocycles. The van der Waals surface area contributed by atoms with Crippen LogP contribution in [0.1, 0.15) is 80.8 Å². The van der Waals surface area contributed by atoms with Crippen LogP contribution in [-0.4, -0.2) is 23.5 Å². The average Bonchev–Trinajstić information content (AvgIpc) is 2.88. The summed E-state index contributed by atoms with van der Waals surface area (Å²) in [5, 5.41) is 10.0. The topological polar surface area (TPSA) is 72.8 Å². The molecule has 0 unspecified atom stereocenters. The monoisotopic (exact) mass is 488 g/mol. The number of benzene rings is 3. The number of carbonyl (C=O) groups is 2. The van der Waals surface area contributed by atoms with Crippen LogP contribution < -0.4 is 9.47 Å². The molecular formula is C31H36O5. The van der Waals surface area contributed by atoms with E-state index in [1.807, 2.05) is 36.4 Å². The highest BCUT2D eigenvalue weighted by atomic mass is 16.5. The zero-order valence-corrected chi connectivity index (χ0v) is 21.2. The number of ketones is 1. The standard InChI is InChI=1S/C31H36O5/c1-3-4-5-6-7-8-21-35-28-17-13-25(14-18-28)24-9-11-27(12-10-24)31(34)36-29-19-15-26(16-20-29)30(33)22-23(2)32/h9-20,30,33H,3-8,21-22H2,1-2H3/t30-/m0/s1. The SMILES string of the molecule is CCCCCCCCOc1ccc(-c2ccc(C(=O)Oc3ccc([C@@H](O)CC(C)=O)cc3)cc2)cc1. The first-order chi connectivity index (χ1) is 17.5. The predicted molar refractivity (Wildman–Crippen MR) is 142 cm³/mol. The zero-order valence-electron chi connectivity index (χ0n) is 21.2. The van der Waals surface area contributed by atoms with Gasteiger partial charge in [0.15, 0.2) is 0 Å². The summed E-state index contributed by atoms with van der Waals surface area (Å²) in [5.74, 6) is 0.693. The van der Waals surface area contributed by atoms with Crippen molar-refractivity contribution >= 4 is 11.8 Å². The van der Waals surface area contributed by atoms with E-state index < -0.39 is 12.1 Å². The molecule has 0 saturated carbocycles. The first-order valence-corrected chi connectivity index (χ1v) is 12.8. The Morgan fingerprint density at radius 3 is 1.92 bits per heavy atom. The largest absolute Gasteiger partial charge is 0.494 e. The van der Waals surface area contributed by atoms with Gasteiger partial charge in [-0.3, -0.25) is 4.79 Å². The molecule has 0 aliphatic heterocycles. The molecule has 1 N–H and O–H groups in total. The Bertz CT molecular complexity index is 1090. The van der Waals surface area contributed by atoms with Crippen LogP contribution in [0.5, 0.6) is 11.5 Å². The molecule has 190 valence electrons. The Labute approximate surface area is 214 Å². The van der Waals surface area contributed by atoms with Gasteiger partial charge in [0.25, 0.3) is 0 Å². The zero-order chi connectivity index (χ0) is 25.8. The van der Waals surface area contributed by atoms with Crippen molar-refractivity contribution < 1.29 is 24.2 Å². The lowest BCUT2D eigenvalue weighted by atomic mass is 10.0. The van der Waals surface area contributed by atoms with Crippen molar-refractivity contribution in [2.24, 2.45) is 0 Å². The van der Waals surface area contributed by atoms with E-state index in [4.69, 9.17) is 9.47 Å². The third-order valence-corrected chi connectivity index (χ3v) is 6.03. The van der Waals surface area contributed by atoms with Crippen LogP contribution in [-0.2, 0) is 4.79 Å². The number of hydrogen-bond acceptors (Lipinski definition) is 5. The molecule has 0 heterocycles. The van der Waals surface area contributed by atoms with Crippen LogP contribution in [0.15, 0.2) is 72.8 Å². The Morgan fingerprint density at radius 2 is 1.31 bits per heavy atom. The second-order valence-electron chi connectivity index (χ2n) is 9.10. The number of rotatable bonds is 14. The van der Waals surface area contributed by atoms with Gasteiger partial charge in [-0.15, -0.1) is 0 Å². The Kier molecular flexibility index (Phi) is 10.7. The highest BCUT2D eigenvalue weighted by Gasteiger charge is 2.12. The molecule has 0 fully saturated rings. The lowest BCUT2D eigenvalue weighted by Gasteiger charge is -2.10. The molecular weight excluding hydrogens is 452 g/mol. The maximum Gasteiger partial charge on any atom is 0.343 e. The van der Waals surface area contributed by atoms with E-state index in [0.29, 0.717) is 16.9 Å². The summed E-state index contributed by atoms with van der Waals surface area (Å²) in [6, 6.07) is 21.8. The van der Waals surface area contributed by atoms with E-state index in [1.165, 1.54) is 39.0 Å². The highest BCUT2D eigenvalue weighted by Crippen LogP contribution is 2.24. The summed E-state index contributed by atoms with van der Waals surface area (Å²) in [4.78, 5) is 23.7. The van der Waals surface area contributed by atoms with Crippen molar-refractivity contribution in [2.45, 2.75) is 64.9 Å². The number of hydrogen-bond donors (Lipinski definition) is 1. The molecule has 0 bridgehead atoms. The van der Waals surface area contributed by atoms with Crippen LogP contribution >= 0.6 is 0 Å². The lowest BCUT2D eigenvalue weighted by Crippen LogP contribution is -2.08. The van der Waals surface area contributed by atoms with Gasteiger partial charge in [-0.1, -0.05) is 75.4 Å². The lowest BCUT2D eigenvalue weighted by molar-refractivity contribution is -0.118. The number of unbranched alkanes of at least 4 members (excludes halogenated alkanes) is 5. The average molecular weight is 489 g/mol. The molecule has 3 rings (SSSR count). The summed E-state index contributed by atoms with van der Waals surface area (Å²) >= 11 is 0. The van der Waals surface area contributed by atoms with Crippen LogP contribution in [0.3, 0.4) is 0 Å². The normalized spacial score (nSPS) is 11.6. The minimum atomic E-state index is -0.860. The van der Waals surface area contributed by atoms with Gasteiger partial charge in [-0.2, -0.15) is 0 Å². The summed E-state index contributed by atoms with van der Waals surface area (Å²) < 4.78 is 11.3. The number of ether oxygens (including phenoxy) is 2. The number of Topliss-reactive ketones (excluding diaryl/α,β-unsaturated/α-hetero) is 1. The maximum absolute atomic E-state index is 12.5. The van der Waals surface area contributed by atoms with Gasteiger partial charge in [0.05, 0.1) is 18.3 Å². The van der Waals surface area contributed by atoms with E-state index in [1.54, 1.807) is 36.4 Å². The van der Waals surface area contributed by atoms with Crippen LogP contribution in [0.4, 0.5) is 0 Å². The van der Waals surface area contributed by atoms with Gasteiger partial charge in [0.2, 0.25) is 0 Å². The number of carbonyl (C=O) groups excluding carboxylic acids is 2. The van der Waals surface area contributed by atoms with Crippen molar-refractivity contribution in [1.29, 1.82) is 0 Å². The molecule has 36 heavy (non-hydrogen) atoms. The van der Waals surface area contributed by atoms with Gasteiger partial charge >= 0.3 is 5.97 Å². The Hall–Kier alpha value is -3.44. The Balaban J connectivity index is 1.49. The van der Waals surface area contributed by atoms with E-state index >= 15 is 0 Å². The summed E-state index contributed by atoms with van der Waals surface area (Å²) in [6.45, 7) is 4.40. The second kappa shape index (κ2) is 14.2. The predicted octanol–water partition coefficient (Wildman–Crippen LogP) is 7.32. The molecule has 3 aromatic carbocycles. The van der Waals surface area contributed by atoms with Crippen molar-refractivity contribution in [3.63, 3.8) is 0 Å². The molecule has 3 aromatic rings. The molecule has 0 amide bonds. The van der Waals surface area contributed by atoms with Crippen molar-refractivity contribution in [1.82, 2.24) is 0 Å². The molecule has 0 aromatic heterocycles. The molecule has 1 atom stereocenters. The van der Waals surface area contributed by atoms with E-state index in [2.05, 4.69) is 6.92 Å². The number of aliphatic hydroxyl groups is 1. The van der Waals surface area contributed by atoms with Crippen molar-refractivity contribution in [3.05, 3.63) is 83.9 Å². The van der Waals surface area contributed by atoms with Crippen LogP contribution in [0.2, 0.25) is 0 Å². The third-order valence-electron chi connectivity index (χ3n) is 6.03. The first kappa shape index (κ1) is 27.2. The van der Waals surface area contributed by atoms with E-state index in [0.717, 1.165) is 29.9 Å². The highest BCUT2D eigenvalue weighted by molar-refractivity contribution is 5.91. The summed E-state index contributed by atoms with van der Waals surface area (Å²) in [7, 11) is 0. The number of aliphatic hydroxyl groups excluding tert-OH is 1. The fourth-order valence-corrected chi connectivity index (χ4v) is 3.93. The van der Waals surface area contributed by atoms with Gasteiger partial charge in [0.1, 0.15) is 17.3 Å². The van der Waals surface area contributed by atoms with Crippen molar-refractivity contribution in [3.8, 4) is 22.6 Å². The van der Waals surface area contributed by atoms with Gasteiger partial charge < -0.3 is 14.6 Å². The second-order valence-corrected chi connectivity index (χ2v) is 9.10. The summed E-state index contributed by atoms with van der Waals surface area (Å²) in [5.41, 5.74) is 3.09. The first-order valence-electron chi connectivity index (χ1n) is 12.8. The van der Waals surface area contributed by atoms with Crippen LogP contribution in [0, 0.1) is 0 Å². The fraction of sp³-hybridized carbons (Fsp3) is 0.355. The molecule has 0 aliphatic rings. The van der Waals surface area contributed by atoms with Gasteiger partial charge in [-0.25, -0.2) is 4.79 Å². The number of esters is 1. The molecule has 5 nitrogen and oxygen atoms in total. The van der Waals surface area contributed by atoms with Crippen LogP contribution in [0.25, 0.3) is 11.1 Å². The van der Waals surface area contributed by atoms with Gasteiger partial charge in [-0.05, 0) is 66.4 Å². The molecule has 0 radical (unpaired) electrons. The Morgan fingerprint density at radius 1 is 0.750 bits per heavy atom.